The van der Waals surface area contributed by atoms with Crippen molar-refractivity contribution in [3.63, 3.8) is 0 Å². The molecule has 142 valence electrons. The Bertz CT molecular complexity index is 548. The van der Waals surface area contributed by atoms with E-state index in [0.717, 1.165) is 23.7 Å². The van der Waals surface area contributed by atoms with Gasteiger partial charge < -0.3 is 0 Å². The first-order chi connectivity index (χ1) is 12.8. The van der Waals surface area contributed by atoms with Gasteiger partial charge in [-0.15, -0.1) is 6.58 Å². The zero-order valence-electron chi connectivity index (χ0n) is 16.8. The zero-order chi connectivity index (χ0) is 18.2. The predicted molar refractivity (Wildman–Crippen MR) is 115 cm³/mol. The predicted octanol–water partition coefficient (Wildman–Crippen LogP) is 8.16. The van der Waals surface area contributed by atoms with Crippen LogP contribution in [0.2, 0.25) is 0 Å². The van der Waals surface area contributed by atoms with Crippen LogP contribution in [-0.4, -0.2) is 0 Å². The van der Waals surface area contributed by atoms with Crippen molar-refractivity contribution >= 4 is 6.08 Å². The molecule has 0 spiro atoms. The lowest BCUT2D eigenvalue weighted by Crippen LogP contribution is -2.12. The largest absolute Gasteiger partial charge is 0.103 e. The molecule has 2 aliphatic rings. The van der Waals surface area contributed by atoms with Crippen LogP contribution in [0.5, 0.6) is 0 Å². The van der Waals surface area contributed by atoms with Gasteiger partial charge in [0.25, 0.3) is 0 Å². The van der Waals surface area contributed by atoms with Crippen LogP contribution in [0.15, 0.2) is 43.0 Å². The van der Waals surface area contributed by atoms with E-state index in [4.69, 9.17) is 0 Å². The van der Waals surface area contributed by atoms with Crippen LogP contribution in [0, 0.1) is 17.8 Å². The highest BCUT2D eigenvalue weighted by atomic mass is 14.3. The molecule has 0 aliphatic heterocycles. The van der Waals surface area contributed by atoms with Crippen molar-refractivity contribution in [1.82, 2.24) is 0 Å². The Hall–Kier alpha value is -1.30. The second kappa shape index (κ2) is 10.1. The summed E-state index contributed by atoms with van der Waals surface area (Å²) >= 11 is 0. The van der Waals surface area contributed by atoms with Gasteiger partial charge in [-0.2, -0.15) is 0 Å². The van der Waals surface area contributed by atoms with E-state index < -0.39 is 0 Å². The molecule has 0 radical (unpaired) electrons. The minimum absolute atomic E-state index is 0.755. The van der Waals surface area contributed by atoms with Gasteiger partial charge in [-0.05, 0) is 86.2 Å². The normalized spacial score (nSPS) is 29.7. The maximum atomic E-state index is 3.96. The van der Waals surface area contributed by atoms with Gasteiger partial charge in [0.15, 0.2) is 0 Å². The third kappa shape index (κ3) is 5.60. The molecule has 2 fully saturated rings. The topological polar surface area (TPSA) is 0 Å². The van der Waals surface area contributed by atoms with Gasteiger partial charge in [-0.1, -0.05) is 68.7 Å². The smallest absolute Gasteiger partial charge is 0.0162 e. The van der Waals surface area contributed by atoms with Crippen molar-refractivity contribution in [3.8, 4) is 0 Å². The van der Waals surface area contributed by atoms with E-state index in [0.29, 0.717) is 0 Å². The van der Waals surface area contributed by atoms with Gasteiger partial charge in [0.1, 0.15) is 0 Å². The molecule has 0 nitrogen and oxygen atoms in total. The molecule has 0 amide bonds. The van der Waals surface area contributed by atoms with Gasteiger partial charge in [-0.3, -0.25) is 0 Å². The van der Waals surface area contributed by atoms with E-state index in [2.05, 4.69) is 56.0 Å². The summed E-state index contributed by atoms with van der Waals surface area (Å²) in [6, 6.07) is 9.41. The van der Waals surface area contributed by atoms with Crippen LogP contribution in [0.4, 0.5) is 0 Å². The van der Waals surface area contributed by atoms with Crippen molar-refractivity contribution in [3.05, 3.63) is 54.1 Å². The second-order valence-corrected chi connectivity index (χ2v) is 8.80. The molecule has 0 aromatic heterocycles. The van der Waals surface area contributed by atoms with E-state index in [1.807, 2.05) is 0 Å². The van der Waals surface area contributed by atoms with E-state index in [9.17, 15) is 0 Å². The van der Waals surface area contributed by atoms with Crippen molar-refractivity contribution in [1.29, 1.82) is 0 Å². The molecular formula is C26H38. The fraction of sp³-hybridized carbons (Fsp3) is 0.615. The minimum Gasteiger partial charge on any atom is -0.103 e. The third-order valence-corrected chi connectivity index (χ3v) is 6.93. The highest BCUT2D eigenvalue weighted by Gasteiger charge is 2.21. The van der Waals surface area contributed by atoms with Crippen molar-refractivity contribution in [2.24, 2.45) is 17.8 Å². The maximum Gasteiger partial charge on any atom is -0.0162 e. The highest BCUT2D eigenvalue weighted by molar-refractivity contribution is 5.50. The number of rotatable bonds is 7. The average molecular weight is 351 g/mol. The molecule has 0 heterocycles. The summed E-state index contributed by atoms with van der Waals surface area (Å²) in [5.74, 6) is 3.34. The number of hydrogen-bond donors (Lipinski definition) is 0. The first-order valence-electron chi connectivity index (χ1n) is 11.2. The zero-order valence-corrected chi connectivity index (χ0v) is 16.8. The first kappa shape index (κ1) is 19.5. The Labute approximate surface area is 161 Å². The molecule has 1 aromatic rings. The summed E-state index contributed by atoms with van der Waals surface area (Å²) in [6.45, 7) is 6.27. The second-order valence-electron chi connectivity index (χ2n) is 8.80. The molecular weight excluding hydrogens is 312 g/mol. The first-order valence-corrected chi connectivity index (χ1v) is 11.2. The van der Waals surface area contributed by atoms with Crippen molar-refractivity contribution in [2.45, 2.75) is 83.5 Å². The Morgan fingerprint density at radius 1 is 0.885 bits per heavy atom. The summed E-state index contributed by atoms with van der Waals surface area (Å²) in [4.78, 5) is 0. The van der Waals surface area contributed by atoms with Crippen molar-refractivity contribution in [2.75, 3.05) is 0 Å². The lowest BCUT2D eigenvalue weighted by atomic mass is 9.78. The van der Waals surface area contributed by atoms with Crippen LogP contribution < -0.4 is 0 Å². The molecule has 0 N–H and O–H groups in total. The van der Waals surface area contributed by atoms with Crippen LogP contribution in [-0.2, 0) is 0 Å². The Morgan fingerprint density at radius 2 is 1.54 bits per heavy atom. The van der Waals surface area contributed by atoms with E-state index in [1.54, 1.807) is 5.56 Å². The Morgan fingerprint density at radius 3 is 2.15 bits per heavy atom. The molecule has 1 aromatic carbocycles. The summed E-state index contributed by atoms with van der Waals surface area (Å²) in [6.07, 6.45) is 22.2. The van der Waals surface area contributed by atoms with Gasteiger partial charge in [0.05, 0.1) is 0 Å². The maximum absolute atomic E-state index is 3.96. The lowest BCUT2D eigenvalue weighted by molar-refractivity contribution is 0.291. The molecule has 0 atom stereocenters. The molecule has 0 heteroatoms. The summed E-state index contributed by atoms with van der Waals surface area (Å²) in [7, 11) is 0. The number of hydrogen-bond acceptors (Lipinski definition) is 0. The lowest BCUT2D eigenvalue weighted by Gasteiger charge is -2.27. The third-order valence-electron chi connectivity index (χ3n) is 6.93. The molecule has 2 aliphatic carbocycles. The molecule has 2 saturated carbocycles. The number of unbranched alkanes of at least 4 members (excludes halogenated alkanes) is 1. The van der Waals surface area contributed by atoms with Crippen LogP contribution >= 0.6 is 0 Å². The summed E-state index contributed by atoms with van der Waals surface area (Å²) in [5.41, 5.74) is 2.92. The van der Waals surface area contributed by atoms with E-state index >= 15 is 0 Å². The molecule has 0 bridgehead atoms. The highest BCUT2D eigenvalue weighted by Crippen LogP contribution is 2.36. The summed E-state index contributed by atoms with van der Waals surface area (Å²) < 4.78 is 0. The monoisotopic (exact) mass is 350 g/mol. The number of benzene rings is 1. The van der Waals surface area contributed by atoms with E-state index in [1.165, 1.54) is 76.2 Å². The molecule has 3 rings (SSSR count). The fourth-order valence-corrected chi connectivity index (χ4v) is 4.98. The van der Waals surface area contributed by atoms with Crippen LogP contribution in [0.25, 0.3) is 6.08 Å². The molecule has 0 saturated heterocycles. The number of allylic oxidation sites excluding steroid dienone is 2. The van der Waals surface area contributed by atoms with Crippen LogP contribution in [0.1, 0.15) is 94.6 Å². The Balaban J connectivity index is 1.46. The van der Waals surface area contributed by atoms with E-state index in [-0.39, 0.29) is 0 Å². The van der Waals surface area contributed by atoms with Gasteiger partial charge in [0.2, 0.25) is 0 Å². The fourth-order valence-electron chi connectivity index (χ4n) is 4.98. The summed E-state index contributed by atoms with van der Waals surface area (Å²) in [5, 5.41) is 0. The Kier molecular flexibility index (Phi) is 7.59. The molecule has 26 heavy (non-hydrogen) atoms. The quantitative estimate of drug-likeness (QED) is 0.435. The molecule has 0 unspecified atom stereocenters. The minimum atomic E-state index is 0.755. The van der Waals surface area contributed by atoms with Gasteiger partial charge in [-0.25, -0.2) is 0 Å². The van der Waals surface area contributed by atoms with Gasteiger partial charge in [0, 0.05) is 0 Å². The van der Waals surface area contributed by atoms with Crippen molar-refractivity contribution < 1.29 is 0 Å². The van der Waals surface area contributed by atoms with Crippen LogP contribution in [0.3, 0.4) is 0 Å². The standard InChI is InChI=1S/C26H38/c1-3-5-6-22-7-9-23(10-8-22)11-12-24-15-19-26(20-16-24)25-17-13-21(4-2)14-18-25/h4,11-12,15-16,19-23,25H,2-3,5-10,13-14,17-18H2,1H3/b12-11+. The average Bonchev–Trinajstić information content (AvgIpc) is 2.72. The van der Waals surface area contributed by atoms with Gasteiger partial charge >= 0.3 is 0 Å². The SMILES string of the molecule is C=CC1CCC(c2ccc(/C=C/C3CCC(CCCC)CC3)cc2)CC1.